The van der Waals surface area contributed by atoms with Crippen molar-refractivity contribution >= 4 is 43.5 Å². The first kappa shape index (κ1) is 27.8. The lowest BCUT2D eigenvalue weighted by atomic mass is 9.82. The molecule has 1 fully saturated rings. The fourth-order valence-corrected chi connectivity index (χ4v) is 6.15. The lowest BCUT2D eigenvalue weighted by Crippen LogP contribution is -2.32. The van der Waals surface area contributed by atoms with Crippen molar-refractivity contribution < 1.29 is 8.42 Å². The second-order valence-electron chi connectivity index (χ2n) is 9.76. The lowest BCUT2D eigenvalue weighted by molar-refractivity contribution is 0.284. The molecule has 1 aliphatic carbocycles. The number of hydrogen-bond donors (Lipinski definition) is 4. The predicted octanol–water partition coefficient (Wildman–Crippen LogP) is 4.99. The molecule has 0 atom stereocenters. The average Bonchev–Trinajstić information content (AvgIpc) is 2.94. The Kier molecular flexibility index (Phi) is 9.14. The zero-order chi connectivity index (χ0) is 25.7. The van der Waals surface area contributed by atoms with Gasteiger partial charge in [0.15, 0.2) is 0 Å². The smallest absolute Gasteiger partial charge is 0.240 e. The van der Waals surface area contributed by atoms with Gasteiger partial charge in [0.1, 0.15) is 5.82 Å². The molecule has 1 aliphatic rings. The van der Waals surface area contributed by atoms with Crippen molar-refractivity contribution in [1.29, 1.82) is 0 Å². The largest absolute Gasteiger partial charge is 0.368 e. The minimum absolute atomic E-state index is 0. The van der Waals surface area contributed by atoms with Gasteiger partial charge in [-0.05, 0) is 72.6 Å². The summed E-state index contributed by atoms with van der Waals surface area (Å²) >= 11 is 0. The number of rotatable bonds is 10. The van der Waals surface area contributed by atoms with Crippen molar-refractivity contribution in [2.45, 2.75) is 38.0 Å². The summed E-state index contributed by atoms with van der Waals surface area (Å²) in [4.78, 5) is 9.67. The van der Waals surface area contributed by atoms with E-state index in [-0.39, 0.29) is 7.43 Å². The third kappa shape index (κ3) is 6.59. The van der Waals surface area contributed by atoms with Gasteiger partial charge in [-0.1, -0.05) is 49.9 Å². The van der Waals surface area contributed by atoms with Gasteiger partial charge < -0.3 is 16.4 Å². The number of nitrogens with zero attached hydrogens (tertiary/aromatic N) is 2. The molecule has 0 saturated heterocycles. The molecule has 9 heteroatoms. The Morgan fingerprint density at radius 2 is 1.50 bits per heavy atom. The van der Waals surface area contributed by atoms with Gasteiger partial charge >= 0.3 is 0 Å². The van der Waals surface area contributed by atoms with Crippen molar-refractivity contribution in [3.63, 3.8) is 0 Å². The second kappa shape index (κ2) is 12.5. The van der Waals surface area contributed by atoms with Crippen molar-refractivity contribution in [3.05, 3.63) is 66.7 Å². The normalized spacial score (nSPS) is 17.7. The van der Waals surface area contributed by atoms with Crippen LogP contribution >= 0.6 is 0 Å². The Hall–Kier alpha value is -3.27. The molecule has 5 N–H and O–H groups in total. The molecule has 5 rings (SSSR count). The van der Waals surface area contributed by atoms with E-state index in [1.807, 2.05) is 54.6 Å². The van der Waals surface area contributed by atoms with Crippen LogP contribution in [0.5, 0.6) is 0 Å². The van der Waals surface area contributed by atoms with E-state index in [1.165, 1.54) is 0 Å². The highest BCUT2D eigenvalue weighted by molar-refractivity contribution is 7.89. The monoisotopic (exact) mass is 534 g/mol. The third-order valence-corrected chi connectivity index (χ3v) is 8.57. The van der Waals surface area contributed by atoms with Crippen LogP contribution < -0.4 is 21.1 Å². The van der Waals surface area contributed by atoms with Crippen LogP contribution in [0.3, 0.4) is 0 Å². The summed E-state index contributed by atoms with van der Waals surface area (Å²) in [6, 6.07) is 21.0. The van der Waals surface area contributed by atoms with E-state index in [4.69, 9.17) is 5.73 Å². The summed E-state index contributed by atoms with van der Waals surface area (Å²) in [6.45, 7) is 2.45. The fourth-order valence-electron chi connectivity index (χ4n) is 5.00. The first-order chi connectivity index (χ1) is 18.0. The summed E-state index contributed by atoms with van der Waals surface area (Å²) in [6.07, 6.45) is 4.07. The molecule has 0 spiro atoms. The van der Waals surface area contributed by atoms with Crippen molar-refractivity contribution in [3.8, 4) is 0 Å². The van der Waals surface area contributed by atoms with Crippen LogP contribution in [-0.2, 0) is 10.0 Å². The Bertz CT molecular complexity index is 1470. The van der Waals surface area contributed by atoms with Crippen molar-refractivity contribution in [1.82, 2.24) is 14.7 Å². The summed E-state index contributed by atoms with van der Waals surface area (Å²) in [5.74, 6) is 2.25. The molecular formula is C29H38N6O2S. The highest BCUT2D eigenvalue weighted by Gasteiger charge is 2.24. The molecule has 8 nitrogen and oxygen atoms in total. The maximum absolute atomic E-state index is 12.9. The number of benzene rings is 3. The topological polar surface area (TPSA) is 122 Å². The first-order valence-electron chi connectivity index (χ1n) is 12.9. The number of para-hydroxylation sites is 1. The highest BCUT2D eigenvalue weighted by Crippen LogP contribution is 2.29. The molecular weight excluding hydrogens is 496 g/mol. The summed E-state index contributed by atoms with van der Waals surface area (Å²) in [5.41, 5.74) is 6.55. The minimum atomic E-state index is -3.53. The van der Waals surface area contributed by atoms with Gasteiger partial charge in [-0.25, -0.2) is 18.1 Å². The lowest BCUT2D eigenvalue weighted by Gasteiger charge is -2.28. The first-order valence-corrected chi connectivity index (χ1v) is 14.4. The summed E-state index contributed by atoms with van der Waals surface area (Å²) in [5, 5.41) is 9.66. The van der Waals surface area contributed by atoms with E-state index >= 15 is 0 Å². The highest BCUT2D eigenvalue weighted by atomic mass is 32.2. The number of fused-ring (bicyclic) bond motifs is 2. The Balaban J connectivity index is 0.00000336. The molecule has 4 aromatic rings. The number of nitrogens with two attached hydrogens (primary N) is 1. The molecule has 3 aromatic carbocycles. The molecule has 38 heavy (non-hydrogen) atoms. The van der Waals surface area contributed by atoms with E-state index in [0.29, 0.717) is 42.3 Å². The Morgan fingerprint density at radius 3 is 2.26 bits per heavy atom. The molecule has 0 unspecified atom stereocenters. The van der Waals surface area contributed by atoms with Crippen LogP contribution in [0.25, 0.3) is 21.7 Å². The molecule has 1 heterocycles. The van der Waals surface area contributed by atoms with E-state index in [2.05, 4.69) is 25.3 Å². The van der Waals surface area contributed by atoms with Gasteiger partial charge in [0.05, 0.1) is 10.4 Å². The summed E-state index contributed by atoms with van der Waals surface area (Å²) < 4.78 is 28.6. The van der Waals surface area contributed by atoms with Crippen LogP contribution in [0.15, 0.2) is 71.6 Å². The van der Waals surface area contributed by atoms with E-state index in [9.17, 15) is 8.42 Å². The standard InChI is InChI=1S/C28H34N6O2S.CH4/c29-15-16-30-27-25-7-3-4-8-26(25)33-28(34-27)31-18-20-9-11-21(12-10-20)19-32-37(35,36)24-14-13-22-5-1-2-6-23(22)17-24;/h1-8,13-14,17,20-21,32H,9-12,15-16,18-19,29H2,(H2,30,31,33,34);1H4. The van der Waals surface area contributed by atoms with Gasteiger partial charge in [0.25, 0.3) is 0 Å². The zero-order valence-corrected chi connectivity index (χ0v) is 21.7. The van der Waals surface area contributed by atoms with Crippen LogP contribution in [0.1, 0.15) is 33.1 Å². The van der Waals surface area contributed by atoms with Crippen molar-refractivity contribution in [2.24, 2.45) is 17.6 Å². The number of nitrogens with one attached hydrogen (secondary N) is 3. The fraction of sp³-hybridized carbons (Fsp3) is 0.379. The van der Waals surface area contributed by atoms with E-state index in [0.717, 1.165) is 59.7 Å². The molecule has 1 aromatic heterocycles. The van der Waals surface area contributed by atoms with Gasteiger partial charge in [-0.3, -0.25) is 0 Å². The molecule has 0 bridgehead atoms. The van der Waals surface area contributed by atoms with E-state index in [1.54, 1.807) is 12.1 Å². The molecule has 0 amide bonds. The van der Waals surface area contributed by atoms with Crippen LogP contribution in [0.2, 0.25) is 0 Å². The Labute approximate surface area is 225 Å². The molecule has 202 valence electrons. The van der Waals surface area contributed by atoms with Gasteiger partial charge in [-0.15, -0.1) is 0 Å². The molecule has 0 radical (unpaired) electrons. The van der Waals surface area contributed by atoms with E-state index < -0.39 is 10.0 Å². The maximum atomic E-state index is 12.9. The van der Waals surface area contributed by atoms with Gasteiger partial charge in [0.2, 0.25) is 16.0 Å². The third-order valence-electron chi connectivity index (χ3n) is 7.15. The maximum Gasteiger partial charge on any atom is 0.240 e. The number of hydrogen-bond acceptors (Lipinski definition) is 7. The summed E-state index contributed by atoms with van der Waals surface area (Å²) in [7, 11) is -3.53. The Morgan fingerprint density at radius 1 is 0.816 bits per heavy atom. The number of sulfonamides is 1. The average molecular weight is 535 g/mol. The number of aromatic nitrogens is 2. The zero-order valence-electron chi connectivity index (χ0n) is 20.9. The van der Waals surface area contributed by atoms with Crippen LogP contribution in [0, 0.1) is 11.8 Å². The van der Waals surface area contributed by atoms with Crippen LogP contribution in [0.4, 0.5) is 11.8 Å². The minimum Gasteiger partial charge on any atom is -0.368 e. The predicted molar refractivity (Wildman–Crippen MR) is 157 cm³/mol. The number of anilines is 2. The second-order valence-corrected chi connectivity index (χ2v) is 11.5. The molecule has 0 aliphatic heterocycles. The van der Waals surface area contributed by atoms with Gasteiger partial charge in [0, 0.05) is 31.6 Å². The van der Waals surface area contributed by atoms with Crippen molar-refractivity contribution in [2.75, 3.05) is 36.8 Å². The van der Waals surface area contributed by atoms with Crippen LogP contribution in [-0.4, -0.2) is 44.6 Å². The quantitative estimate of drug-likeness (QED) is 0.226. The SMILES string of the molecule is C.NCCNc1nc(NCC2CCC(CNS(=O)(=O)c3ccc4ccccc4c3)CC2)nc2ccccc12. The van der Waals surface area contributed by atoms with Gasteiger partial charge in [-0.2, -0.15) is 4.98 Å². The molecule has 1 saturated carbocycles.